The van der Waals surface area contributed by atoms with Gasteiger partial charge in [-0.2, -0.15) is 0 Å². The number of nitrogens with one attached hydrogen (secondary N) is 2. The van der Waals surface area contributed by atoms with E-state index in [-0.39, 0.29) is 12.1 Å². The van der Waals surface area contributed by atoms with Gasteiger partial charge in [0.1, 0.15) is 6.26 Å². The molecular weight excluding hydrogens is 206 g/mol. The van der Waals surface area contributed by atoms with Gasteiger partial charge in [0, 0.05) is 12.1 Å². The van der Waals surface area contributed by atoms with Crippen molar-refractivity contribution in [2.75, 3.05) is 5.32 Å². The summed E-state index contributed by atoms with van der Waals surface area (Å²) in [5.74, 6) is 0.998. The summed E-state index contributed by atoms with van der Waals surface area (Å²) in [6, 6.07) is 1.69. The average Bonchev–Trinajstić information content (AvgIpc) is 2.74. The third-order valence-electron chi connectivity index (χ3n) is 3.11. The molecule has 1 aromatic heterocycles. The quantitative estimate of drug-likeness (QED) is 0.808. The number of nitrogens with zero attached hydrogens (tertiary/aromatic N) is 1. The lowest BCUT2D eigenvalue weighted by atomic mass is 9.86. The second kappa shape index (κ2) is 5.01. The van der Waals surface area contributed by atoms with Gasteiger partial charge in [0.2, 0.25) is 0 Å². The maximum atomic E-state index is 11.6. The molecule has 1 aliphatic carbocycles. The first-order valence-electron chi connectivity index (χ1n) is 5.73. The van der Waals surface area contributed by atoms with E-state index < -0.39 is 0 Å². The lowest BCUT2D eigenvalue weighted by Crippen LogP contribution is -2.43. The van der Waals surface area contributed by atoms with E-state index in [2.05, 4.69) is 27.2 Å². The zero-order valence-corrected chi connectivity index (χ0v) is 9.40. The summed E-state index contributed by atoms with van der Waals surface area (Å²) in [6.45, 7) is 2.18. The lowest BCUT2D eigenvalue weighted by molar-refractivity contribution is 0.232. The summed E-state index contributed by atoms with van der Waals surface area (Å²) in [5.41, 5.74) is 0. The Morgan fingerprint density at radius 1 is 1.50 bits per heavy atom. The van der Waals surface area contributed by atoms with Crippen LogP contribution < -0.4 is 10.6 Å². The van der Waals surface area contributed by atoms with Crippen LogP contribution in [0.4, 0.5) is 10.6 Å². The van der Waals surface area contributed by atoms with Crippen LogP contribution >= 0.6 is 0 Å². The van der Waals surface area contributed by atoms with E-state index in [1.54, 1.807) is 6.07 Å². The molecule has 0 spiro atoms. The predicted octanol–water partition coefficient (Wildman–Crippen LogP) is 2.37. The van der Waals surface area contributed by atoms with Crippen LogP contribution in [0, 0.1) is 5.92 Å². The first kappa shape index (κ1) is 11.0. The third kappa shape index (κ3) is 2.74. The standard InChI is InChI=1S/C11H17N3O2/c1-8-4-2-3-5-9(8)12-11(15)13-10-6-7-16-14-10/h6-9H,2-5H2,1H3,(H2,12,13,14,15). The summed E-state index contributed by atoms with van der Waals surface area (Å²) in [6.07, 6.45) is 6.14. The van der Waals surface area contributed by atoms with Gasteiger partial charge in [-0.15, -0.1) is 0 Å². The maximum absolute atomic E-state index is 11.6. The van der Waals surface area contributed by atoms with E-state index in [9.17, 15) is 4.79 Å². The number of anilines is 1. The number of amides is 2. The highest BCUT2D eigenvalue weighted by atomic mass is 16.5. The van der Waals surface area contributed by atoms with E-state index in [1.165, 1.54) is 25.5 Å². The van der Waals surface area contributed by atoms with Crippen molar-refractivity contribution in [1.82, 2.24) is 10.5 Å². The van der Waals surface area contributed by atoms with Gasteiger partial charge in [0.05, 0.1) is 0 Å². The highest BCUT2D eigenvalue weighted by molar-refractivity contribution is 5.88. The monoisotopic (exact) mass is 223 g/mol. The van der Waals surface area contributed by atoms with Gasteiger partial charge in [-0.1, -0.05) is 24.9 Å². The van der Waals surface area contributed by atoms with Gasteiger partial charge in [-0.3, -0.25) is 5.32 Å². The van der Waals surface area contributed by atoms with Crippen LogP contribution in [0.2, 0.25) is 0 Å². The Balaban J connectivity index is 1.82. The van der Waals surface area contributed by atoms with Crippen molar-refractivity contribution in [3.63, 3.8) is 0 Å². The average molecular weight is 223 g/mol. The SMILES string of the molecule is CC1CCCCC1NC(=O)Nc1ccon1. The van der Waals surface area contributed by atoms with Gasteiger partial charge in [0.15, 0.2) is 5.82 Å². The molecule has 0 radical (unpaired) electrons. The molecule has 2 rings (SSSR count). The molecule has 0 aromatic carbocycles. The molecule has 88 valence electrons. The van der Waals surface area contributed by atoms with E-state index in [0.29, 0.717) is 11.7 Å². The molecule has 5 heteroatoms. The molecule has 1 aliphatic rings. The Labute approximate surface area is 94.6 Å². The zero-order valence-electron chi connectivity index (χ0n) is 9.40. The van der Waals surface area contributed by atoms with Gasteiger partial charge in [-0.25, -0.2) is 4.79 Å². The fraction of sp³-hybridized carbons (Fsp3) is 0.636. The van der Waals surface area contributed by atoms with Gasteiger partial charge < -0.3 is 9.84 Å². The molecule has 0 bridgehead atoms. The minimum absolute atomic E-state index is 0.201. The smallest absolute Gasteiger partial charge is 0.320 e. The van der Waals surface area contributed by atoms with Crippen LogP contribution in [-0.2, 0) is 0 Å². The summed E-state index contributed by atoms with van der Waals surface area (Å²) in [5, 5.41) is 9.23. The largest absolute Gasteiger partial charge is 0.363 e. The number of aromatic nitrogens is 1. The molecule has 16 heavy (non-hydrogen) atoms. The van der Waals surface area contributed by atoms with Crippen LogP contribution in [0.1, 0.15) is 32.6 Å². The van der Waals surface area contributed by atoms with Crippen LogP contribution in [0.15, 0.2) is 16.9 Å². The Morgan fingerprint density at radius 2 is 2.31 bits per heavy atom. The van der Waals surface area contributed by atoms with Crippen molar-refractivity contribution in [2.45, 2.75) is 38.6 Å². The molecule has 2 atom stereocenters. The van der Waals surface area contributed by atoms with Crippen LogP contribution in [0.5, 0.6) is 0 Å². The molecule has 1 fully saturated rings. The van der Waals surface area contributed by atoms with Crippen LogP contribution in [0.3, 0.4) is 0 Å². The molecule has 1 heterocycles. The second-order valence-corrected chi connectivity index (χ2v) is 4.35. The normalized spacial score (nSPS) is 25.1. The molecule has 0 saturated heterocycles. The number of hydrogen-bond acceptors (Lipinski definition) is 3. The third-order valence-corrected chi connectivity index (χ3v) is 3.11. The highest BCUT2D eigenvalue weighted by Gasteiger charge is 2.22. The maximum Gasteiger partial charge on any atom is 0.320 e. The topological polar surface area (TPSA) is 67.2 Å². The lowest BCUT2D eigenvalue weighted by Gasteiger charge is -2.29. The number of carbonyl (C=O) groups is 1. The minimum atomic E-state index is -0.201. The van der Waals surface area contributed by atoms with E-state index in [1.807, 2.05) is 0 Å². The van der Waals surface area contributed by atoms with E-state index in [0.717, 1.165) is 6.42 Å². The Kier molecular flexibility index (Phi) is 3.44. The van der Waals surface area contributed by atoms with E-state index in [4.69, 9.17) is 0 Å². The first-order chi connectivity index (χ1) is 7.75. The highest BCUT2D eigenvalue weighted by Crippen LogP contribution is 2.23. The molecule has 1 saturated carbocycles. The van der Waals surface area contributed by atoms with Crippen molar-refractivity contribution >= 4 is 11.8 Å². The van der Waals surface area contributed by atoms with E-state index >= 15 is 0 Å². The Hall–Kier alpha value is -1.52. The fourth-order valence-corrected chi connectivity index (χ4v) is 2.13. The number of hydrogen-bond donors (Lipinski definition) is 2. The summed E-state index contributed by atoms with van der Waals surface area (Å²) >= 11 is 0. The zero-order chi connectivity index (χ0) is 11.4. The Bertz CT molecular complexity index is 337. The minimum Gasteiger partial charge on any atom is -0.363 e. The molecule has 2 N–H and O–H groups in total. The number of urea groups is 1. The van der Waals surface area contributed by atoms with Gasteiger partial charge in [0.25, 0.3) is 0 Å². The van der Waals surface area contributed by atoms with Gasteiger partial charge in [-0.05, 0) is 18.8 Å². The van der Waals surface area contributed by atoms with Crippen molar-refractivity contribution in [3.8, 4) is 0 Å². The summed E-state index contributed by atoms with van der Waals surface area (Å²) < 4.78 is 4.63. The number of rotatable bonds is 2. The first-order valence-corrected chi connectivity index (χ1v) is 5.73. The van der Waals surface area contributed by atoms with Crippen LogP contribution in [0.25, 0.3) is 0 Å². The van der Waals surface area contributed by atoms with Gasteiger partial charge >= 0.3 is 6.03 Å². The molecule has 5 nitrogen and oxygen atoms in total. The molecule has 1 aromatic rings. The summed E-state index contributed by atoms with van der Waals surface area (Å²) in [4.78, 5) is 11.6. The molecule has 0 aliphatic heterocycles. The summed E-state index contributed by atoms with van der Waals surface area (Å²) in [7, 11) is 0. The molecular formula is C11H17N3O2. The van der Waals surface area contributed by atoms with Crippen LogP contribution in [-0.4, -0.2) is 17.2 Å². The molecule has 2 amide bonds. The Morgan fingerprint density at radius 3 is 3.00 bits per heavy atom. The van der Waals surface area contributed by atoms with Crippen molar-refractivity contribution in [2.24, 2.45) is 5.92 Å². The molecule has 2 unspecified atom stereocenters. The predicted molar refractivity (Wildman–Crippen MR) is 60.1 cm³/mol. The van der Waals surface area contributed by atoms with Crippen molar-refractivity contribution < 1.29 is 9.32 Å². The number of carbonyl (C=O) groups excluding carboxylic acids is 1. The second-order valence-electron chi connectivity index (χ2n) is 4.35. The van der Waals surface area contributed by atoms with Crippen molar-refractivity contribution in [1.29, 1.82) is 0 Å². The van der Waals surface area contributed by atoms with Crippen molar-refractivity contribution in [3.05, 3.63) is 12.3 Å². The fourth-order valence-electron chi connectivity index (χ4n) is 2.13.